The van der Waals surface area contributed by atoms with Gasteiger partial charge in [-0.1, -0.05) is 13.8 Å². The van der Waals surface area contributed by atoms with Crippen molar-refractivity contribution in [2.45, 2.75) is 72.3 Å². The first kappa shape index (κ1) is 22.2. The van der Waals surface area contributed by atoms with Gasteiger partial charge in [-0.3, -0.25) is 4.79 Å². The van der Waals surface area contributed by atoms with E-state index < -0.39 is 0 Å². The predicted molar refractivity (Wildman–Crippen MR) is 130 cm³/mol. The monoisotopic (exact) mass is 434 g/mol. The van der Waals surface area contributed by atoms with Crippen LogP contribution in [0.15, 0.2) is 24.4 Å². The van der Waals surface area contributed by atoms with Crippen LogP contribution in [0.5, 0.6) is 0 Å². The van der Waals surface area contributed by atoms with Gasteiger partial charge in [0.15, 0.2) is 5.65 Å². The third kappa shape index (κ3) is 4.33. The molecule has 0 aromatic carbocycles. The highest BCUT2D eigenvalue weighted by Gasteiger charge is 2.25. The van der Waals surface area contributed by atoms with Gasteiger partial charge in [-0.15, -0.1) is 0 Å². The molecule has 170 valence electrons. The fraction of sp³-hybridized carbons (Fsp3) is 0.520. The minimum Gasteiger partial charge on any atom is -0.370 e. The molecule has 7 heteroatoms. The number of nitrogens with one attached hydrogen (secondary N) is 1. The fourth-order valence-electron chi connectivity index (χ4n) is 4.23. The standard InChI is InChI=1S/C25H34N6O/c1-16(2)20-14-19(22-17(3)29-31(23(22)27-20)25(4,5)6)24(32)28-21-11-10-18(15-26-21)30-12-8-7-9-13-30/h10-11,14-16H,7-9,12-13H2,1-6H3,(H,26,28,32). The molecule has 0 spiro atoms. The van der Waals surface area contributed by atoms with Crippen molar-refractivity contribution in [3.63, 3.8) is 0 Å². The molecule has 1 aliphatic heterocycles. The number of hydrogen-bond acceptors (Lipinski definition) is 5. The van der Waals surface area contributed by atoms with Crippen molar-refractivity contribution < 1.29 is 4.79 Å². The van der Waals surface area contributed by atoms with Crippen LogP contribution < -0.4 is 10.2 Å². The number of aromatic nitrogens is 4. The highest BCUT2D eigenvalue weighted by molar-refractivity contribution is 6.12. The largest absolute Gasteiger partial charge is 0.370 e. The lowest BCUT2D eigenvalue weighted by atomic mass is 10.0. The molecule has 1 fully saturated rings. The summed E-state index contributed by atoms with van der Waals surface area (Å²) in [7, 11) is 0. The Morgan fingerprint density at radius 2 is 1.84 bits per heavy atom. The number of carbonyl (C=O) groups is 1. The second kappa shape index (κ2) is 8.52. The van der Waals surface area contributed by atoms with Crippen LogP contribution in [0.1, 0.15) is 81.5 Å². The molecule has 0 unspecified atom stereocenters. The molecule has 0 bridgehead atoms. The van der Waals surface area contributed by atoms with Crippen molar-refractivity contribution in [1.29, 1.82) is 0 Å². The van der Waals surface area contributed by atoms with Crippen molar-refractivity contribution in [2.24, 2.45) is 0 Å². The van der Waals surface area contributed by atoms with Crippen LogP contribution in [-0.2, 0) is 5.54 Å². The van der Waals surface area contributed by atoms with Gasteiger partial charge in [0, 0.05) is 18.8 Å². The molecule has 4 rings (SSSR count). The maximum absolute atomic E-state index is 13.4. The first-order chi connectivity index (χ1) is 15.1. The maximum atomic E-state index is 13.4. The fourth-order valence-corrected chi connectivity index (χ4v) is 4.23. The third-order valence-corrected chi connectivity index (χ3v) is 6.01. The summed E-state index contributed by atoms with van der Waals surface area (Å²) in [5, 5.41) is 8.51. The van der Waals surface area contributed by atoms with E-state index in [1.807, 2.05) is 36.0 Å². The molecule has 1 N–H and O–H groups in total. The Bertz CT molecular complexity index is 1120. The molecule has 0 aliphatic carbocycles. The van der Waals surface area contributed by atoms with E-state index in [4.69, 9.17) is 10.1 Å². The lowest BCUT2D eigenvalue weighted by Gasteiger charge is -2.28. The molecule has 0 radical (unpaired) electrons. The Labute approximate surface area is 190 Å². The van der Waals surface area contributed by atoms with Crippen molar-refractivity contribution in [3.05, 3.63) is 41.3 Å². The average molecular weight is 435 g/mol. The second-order valence-corrected chi connectivity index (χ2v) is 10.0. The van der Waals surface area contributed by atoms with E-state index in [1.54, 1.807) is 0 Å². The van der Waals surface area contributed by atoms with Crippen LogP contribution in [0.25, 0.3) is 11.0 Å². The van der Waals surface area contributed by atoms with E-state index in [1.165, 1.54) is 19.3 Å². The molecule has 1 aliphatic rings. The lowest BCUT2D eigenvalue weighted by Crippen LogP contribution is -2.29. The Morgan fingerprint density at radius 3 is 2.44 bits per heavy atom. The van der Waals surface area contributed by atoms with Crippen molar-refractivity contribution in [1.82, 2.24) is 19.7 Å². The van der Waals surface area contributed by atoms with E-state index in [-0.39, 0.29) is 17.4 Å². The first-order valence-corrected chi connectivity index (χ1v) is 11.6. The Hall–Kier alpha value is -2.96. The van der Waals surface area contributed by atoms with Crippen LogP contribution in [-0.4, -0.2) is 38.7 Å². The zero-order valence-electron chi connectivity index (χ0n) is 20.1. The van der Waals surface area contributed by atoms with Gasteiger partial charge in [0.25, 0.3) is 5.91 Å². The zero-order valence-corrected chi connectivity index (χ0v) is 20.1. The molecule has 32 heavy (non-hydrogen) atoms. The quantitative estimate of drug-likeness (QED) is 0.606. The minimum atomic E-state index is -0.241. The number of pyridine rings is 2. The van der Waals surface area contributed by atoms with Gasteiger partial charge < -0.3 is 10.2 Å². The Kier molecular flexibility index (Phi) is 5.93. The van der Waals surface area contributed by atoms with Gasteiger partial charge in [0.2, 0.25) is 0 Å². The molecule has 1 amide bonds. The molecule has 1 saturated heterocycles. The minimum absolute atomic E-state index is 0.186. The molecule has 7 nitrogen and oxygen atoms in total. The van der Waals surface area contributed by atoms with Crippen LogP contribution in [0.3, 0.4) is 0 Å². The topological polar surface area (TPSA) is 75.9 Å². The van der Waals surface area contributed by atoms with E-state index >= 15 is 0 Å². The Morgan fingerprint density at radius 1 is 1.12 bits per heavy atom. The average Bonchev–Trinajstić information content (AvgIpc) is 3.11. The molecular weight excluding hydrogens is 400 g/mol. The number of anilines is 2. The lowest BCUT2D eigenvalue weighted by molar-refractivity contribution is 0.102. The molecule has 0 atom stereocenters. The van der Waals surface area contributed by atoms with Gasteiger partial charge in [0.05, 0.1) is 34.1 Å². The summed E-state index contributed by atoms with van der Waals surface area (Å²) in [5.74, 6) is 0.554. The molecule has 3 aromatic heterocycles. The third-order valence-electron chi connectivity index (χ3n) is 6.01. The number of rotatable bonds is 4. The number of aryl methyl sites for hydroxylation is 1. The molecular formula is C25H34N6O. The Balaban J connectivity index is 1.68. The predicted octanol–water partition coefficient (Wildman–Crippen LogP) is 5.26. The van der Waals surface area contributed by atoms with Crippen molar-refractivity contribution in [2.75, 3.05) is 23.3 Å². The smallest absolute Gasteiger partial charge is 0.257 e. The van der Waals surface area contributed by atoms with E-state index in [9.17, 15) is 4.79 Å². The van der Waals surface area contributed by atoms with Crippen molar-refractivity contribution >= 4 is 28.4 Å². The van der Waals surface area contributed by atoms with Gasteiger partial charge in [-0.25, -0.2) is 14.6 Å². The van der Waals surface area contributed by atoms with E-state index in [2.05, 4.69) is 49.8 Å². The van der Waals surface area contributed by atoms with Crippen molar-refractivity contribution in [3.8, 4) is 0 Å². The summed E-state index contributed by atoms with van der Waals surface area (Å²) in [4.78, 5) is 25.1. The first-order valence-electron chi connectivity index (χ1n) is 11.6. The van der Waals surface area contributed by atoms with Crippen LogP contribution in [0.2, 0.25) is 0 Å². The van der Waals surface area contributed by atoms with E-state index in [0.29, 0.717) is 11.4 Å². The zero-order chi connectivity index (χ0) is 23.0. The number of hydrogen-bond donors (Lipinski definition) is 1. The van der Waals surface area contributed by atoms with Gasteiger partial charge in [0.1, 0.15) is 5.82 Å². The van der Waals surface area contributed by atoms with Gasteiger partial charge in [-0.05, 0) is 71.1 Å². The number of fused-ring (bicyclic) bond motifs is 1. The summed E-state index contributed by atoms with van der Waals surface area (Å²) >= 11 is 0. The SMILES string of the molecule is Cc1nn(C(C)(C)C)c2nc(C(C)C)cc(C(=O)Nc3ccc(N4CCCCC4)cn3)c12. The summed E-state index contributed by atoms with van der Waals surface area (Å²) in [6.45, 7) is 14.5. The summed E-state index contributed by atoms with van der Waals surface area (Å²) in [6, 6.07) is 5.82. The highest BCUT2D eigenvalue weighted by Crippen LogP contribution is 2.29. The van der Waals surface area contributed by atoms with Gasteiger partial charge >= 0.3 is 0 Å². The van der Waals surface area contributed by atoms with Crippen LogP contribution in [0.4, 0.5) is 11.5 Å². The highest BCUT2D eigenvalue weighted by atomic mass is 16.1. The number of piperidine rings is 1. The van der Waals surface area contributed by atoms with Gasteiger partial charge in [-0.2, -0.15) is 5.10 Å². The summed E-state index contributed by atoms with van der Waals surface area (Å²) < 4.78 is 1.92. The summed E-state index contributed by atoms with van der Waals surface area (Å²) in [6.07, 6.45) is 5.58. The normalized spacial score (nSPS) is 14.9. The second-order valence-electron chi connectivity index (χ2n) is 10.0. The summed E-state index contributed by atoms with van der Waals surface area (Å²) in [5.41, 5.74) is 3.89. The van der Waals surface area contributed by atoms with E-state index in [0.717, 1.165) is 41.2 Å². The molecule has 0 saturated carbocycles. The number of nitrogens with zero attached hydrogens (tertiary/aromatic N) is 5. The number of amides is 1. The van der Waals surface area contributed by atoms with Crippen LogP contribution >= 0.6 is 0 Å². The molecule has 3 aromatic rings. The molecule has 4 heterocycles. The number of carbonyl (C=O) groups excluding carboxylic acids is 1. The van der Waals surface area contributed by atoms with Crippen LogP contribution in [0, 0.1) is 6.92 Å². The maximum Gasteiger partial charge on any atom is 0.257 e.